The first-order valence-corrected chi connectivity index (χ1v) is 6.04. The van der Waals surface area contributed by atoms with Crippen LogP contribution < -0.4 is 5.56 Å². The maximum Gasteiger partial charge on any atom is 0.376 e. The molecule has 0 bridgehead atoms. The van der Waals surface area contributed by atoms with Gasteiger partial charge < -0.3 is 5.11 Å². The molecule has 0 saturated carbocycles. The molecule has 7 nitrogen and oxygen atoms in total. The Balaban J connectivity index is 2.55. The van der Waals surface area contributed by atoms with Crippen molar-refractivity contribution in [3.63, 3.8) is 0 Å². The molecule has 0 aliphatic carbocycles. The molecule has 0 spiro atoms. The van der Waals surface area contributed by atoms with Crippen LogP contribution in [0.3, 0.4) is 0 Å². The summed E-state index contributed by atoms with van der Waals surface area (Å²) in [6.07, 6.45) is 1.45. The first-order chi connectivity index (χ1) is 10.1. The molecule has 2 heterocycles. The van der Waals surface area contributed by atoms with Crippen molar-refractivity contribution in [1.82, 2.24) is 9.55 Å². The predicted molar refractivity (Wildman–Crippen MR) is 75.7 cm³/mol. The van der Waals surface area contributed by atoms with Gasteiger partial charge in [0.25, 0.3) is 0 Å². The van der Waals surface area contributed by atoms with Crippen LogP contribution in [0.2, 0.25) is 0 Å². The minimum atomic E-state index is -0.921. The number of pyridine rings is 2. The topological polar surface area (TPSA) is 98.3 Å². The summed E-state index contributed by atoms with van der Waals surface area (Å²) >= 11 is 0. The molecule has 0 unspecified atom stereocenters. The van der Waals surface area contributed by atoms with E-state index in [1.165, 1.54) is 18.3 Å². The molecule has 21 heavy (non-hydrogen) atoms. The molecule has 2 aromatic heterocycles. The van der Waals surface area contributed by atoms with Crippen LogP contribution >= 0.6 is 0 Å². The highest BCUT2D eigenvalue weighted by molar-refractivity contribution is 5.87. The van der Waals surface area contributed by atoms with Gasteiger partial charge in [-0.3, -0.25) is 19.5 Å². The van der Waals surface area contributed by atoms with Crippen LogP contribution in [0, 0.1) is 10.1 Å². The van der Waals surface area contributed by atoms with Crippen molar-refractivity contribution in [2.75, 3.05) is 0 Å². The van der Waals surface area contributed by atoms with Gasteiger partial charge in [-0.15, -0.1) is 0 Å². The fraction of sp³-hybridized carbons (Fsp3) is 0. The number of fused-ring (bicyclic) bond motifs is 1. The lowest BCUT2D eigenvalue weighted by Gasteiger charge is -2.10. The van der Waals surface area contributed by atoms with Gasteiger partial charge in [0.15, 0.2) is 5.65 Å². The quantitative estimate of drug-likeness (QED) is 0.573. The average molecular weight is 283 g/mol. The molecule has 0 aliphatic heterocycles. The summed E-state index contributed by atoms with van der Waals surface area (Å²) in [5.41, 5.74) is -1.18. The molecular formula is C14H9N3O4. The van der Waals surface area contributed by atoms with Crippen molar-refractivity contribution in [1.29, 1.82) is 0 Å². The molecule has 3 aromatic rings. The largest absolute Gasteiger partial charge is 0.501 e. The maximum atomic E-state index is 12.4. The second-order valence-electron chi connectivity index (χ2n) is 4.31. The van der Waals surface area contributed by atoms with Crippen LogP contribution in [0.25, 0.3) is 16.7 Å². The Bertz CT molecular complexity index is 903. The summed E-state index contributed by atoms with van der Waals surface area (Å²) in [6, 6.07) is 11.4. The van der Waals surface area contributed by atoms with Crippen LogP contribution in [-0.2, 0) is 0 Å². The zero-order chi connectivity index (χ0) is 15.0. The summed E-state index contributed by atoms with van der Waals surface area (Å²) < 4.78 is 1.12. The number of rotatable bonds is 2. The van der Waals surface area contributed by atoms with E-state index >= 15 is 0 Å². The Labute approximate surface area is 117 Å². The molecule has 1 aromatic carbocycles. The third kappa shape index (κ3) is 1.91. The predicted octanol–water partition coefficient (Wildman–Crippen LogP) is 2.00. The van der Waals surface area contributed by atoms with Crippen LogP contribution in [-0.4, -0.2) is 19.6 Å². The average Bonchev–Trinajstić information content (AvgIpc) is 2.48. The maximum absolute atomic E-state index is 12.4. The van der Waals surface area contributed by atoms with Crippen LogP contribution in [0.15, 0.2) is 53.5 Å². The summed E-state index contributed by atoms with van der Waals surface area (Å²) in [7, 11) is 0. The number of aromatic hydroxyl groups is 1. The second kappa shape index (κ2) is 4.71. The molecule has 0 radical (unpaired) electrons. The van der Waals surface area contributed by atoms with Crippen molar-refractivity contribution >= 4 is 16.7 Å². The van der Waals surface area contributed by atoms with E-state index in [9.17, 15) is 20.0 Å². The lowest BCUT2D eigenvalue weighted by molar-refractivity contribution is -0.387. The monoisotopic (exact) mass is 283 g/mol. The summed E-state index contributed by atoms with van der Waals surface area (Å²) in [4.78, 5) is 26.6. The van der Waals surface area contributed by atoms with E-state index in [1.54, 1.807) is 30.3 Å². The zero-order valence-corrected chi connectivity index (χ0v) is 10.6. The number of hydrogen-bond donors (Lipinski definition) is 1. The Kier molecular flexibility index (Phi) is 2.87. The highest BCUT2D eigenvalue weighted by Crippen LogP contribution is 2.30. The van der Waals surface area contributed by atoms with Crippen molar-refractivity contribution in [2.24, 2.45) is 0 Å². The van der Waals surface area contributed by atoms with Crippen LogP contribution in [0.1, 0.15) is 0 Å². The molecule has 3 rings (SSSR count). The number of para-hydroxylation sites is 1. The highest BCUT2D eigenvalue weighted by Gasteiger charge is 2.26. The van der Waals surface area contributed by atoms with E-state index in [-0.39, 0.29) is 11.0 Å². The number of aromatic nitrogens is 2. The fourth-order valence-electron chi connectivity index (χ4n) is 2.17. The van der Waals surface area contributed by atoms with Gasteiger partial charge in [0.2, 0.25) is 5.75 Å². The molecule has 0 amide bonds. The van der Waals surface area contributed by atoms with Crippen molar-refractivity contribution in [3.8, 4) is 11.4 Å². The summed E-state index contributed by atoms with van der Waals surface area (Å²) in [5.74, 6) is -0.666. The zero-order valence-electron chi connectivity index (χ0n) is 10.6. The highest BCUT2D eigenvalue weighted by atomic mass is 16.6. The molecule has 0 aliphatic rings. The third-order valence-corrected chi connectivity index (χ3v) is 3.08. The number of nitrogens with zero attached hydrogens (tertiary/aromatic N) is 3. The third-order valence-electron chi connectivity index (χ3n) is 3.08. The molecule has 0 atom stereocenters. The molecule has 1 N–H and O–H groups in total. The first-order valence-electron chi connectivity index (χ1n) is 6.04. The minimum absolute atomic E-state index is 0.146. The van der Waals surface area contributed by atoms with Crippen molar-refractivity contribution < 1.29 is 10.0 Å². The lowest BCUT2D eigenvalue weighted by Crippen LogP contribution is -2.22. The number of nitro groups is 1. The Hall–Kier alpha value is -3.22. The van der Waals surface area contributed by atoms with Gasteiger partial charge in [-0.2, -0.15) is 0 Å². The number of hydrogen-bond acceptors (Lipinski definition) is 5. The molecule has 104 valence electrons. The smallest absolute Gasteiger partial charge is 0.376 e. The first kappa shape index (κ1) is 12.8. The Morgan fingerprint density at radius 2 is 1.86 bits per heavy atom. The standard InChI is InChI=1S/C14H9N3O4/c18-12-10-7-4-8-15-13(10)16(9-5-2-1-3-6-9)14(19)11(12)17(20)21/h1-8,18H. The minimum Gasteiger partial charge on any atom is -0.501 e. The molecular weight excluding hydrogens is 274 g/mol. The van der Waals surface area contributed by atoms with Crippen molar-refractivity contribution in [3.05, 3.63) is 69.1 Å². The van der Waals surface area contributed by atoms with E-state index in [0.29, 0.717) is 5.69 Å². The summed E-state index contributed by atoms with van der Waals surface area (Å²) in [5, 5.41) is 21.2. The van der Waals surface area contributed by atoms with Gasteiger partial charge in [0.05, 0.1) is 16.0 Å². The van der Waals surface area contributed by atoms with Gasteiger partial charge in [-0.05, 0) is 24.3 Å². The van der Waals surface area contributed by atoms with E-state index in [2.05, 4.69) is 4.98 Å². The van der Waals surface area contributed by atoms with Crippen LogP contribution in [0.5, 0.6) is 5.75 Å². The van der Waals surface area contributed by atoms with E-state index in [1.807, 2.05) is 0 Å². The van der Waals surface area contributed by atoms with Crippen molar-refractivity contribution in [2.45, 2.75) is 0 Å². The molecule has 0 saturated heterocycles. The SMILES string of the molecule is O=c1c([N+](=O)[O-])c(O)c2cccnc2n1-c1ccccc1. The molecule has 7 heteroatoms. The van der Waals surface area contributed by atoms with Gasteiger partial charge in [-0.25, -0.2) is 4.98 Å². The second-order valence-corrected chi connectivity index (χ2v) is 4.31. The fourth-order valence-corrected chi connectivity index (χ4v) is 2.17. The van der Waals surface area contributed by atoms with Gasteiger partial charge in [0.1, 0.15) is 0 Å². The van der Waals surface area contributed by atoms with Gasteiger partial charge >= 0.3 is 11.2 Å². The van der Waals surface area contributed by atoms with Crippen LogP contribution in [0.4, 0.5) is 5.69 Å². The Morgan fingerprint density at radius 1 is 1.14 bits per heavy atom. The lowest BCUT2D eigenvalue weighted by atomic mass is 10.2. The van der Waals surface area contributed by atoms with E-state index in [4.69, 9.17) is 0 Å². The van der Waals surface area contributed by atoms with E-state index < -0.39 is 21.9 Å². The Morgan fingerprint density at radius 3 is 2.52 bits per heavy atom. The normalized spacial score (nSPS) is 10.7. The van der Waals surface area contributed by atoms with Gasteiger partial charge in [0, 0.05) is 6.20 Å². The summed E-state index contributed by atoms with van der Waals surface area (Å²) in [6.45, 7) is 0. The number of benzene rings is 1. The van der Waals surface area contributed by atoms with E-state index in [0.717, 1.165) is 4.57 Å². The molecule has 0 fully saturated rings. The van der Waals surface area contributed by atoms with Gasteiger partial charge in [-0.1, -0.05) is 18.2 Å².